The molecule has 0 radical (unpaired) electrons. The quantitative estimate of drug-likeness (QED) is 0.856. The number of carbonyl (C=O) groups excluding carboxylic acids is 1. The molecule has 2 aromatic rings. The molecule has 0 amide bonds. The zero-order valence-electron chi connectivity index (χ0n) is 11.5. The molecular formula is C17H17NO2. The van der Waals surface area contributed by atoms with Gasteiger partial charge in [-0.25, -0.2) is 0 Å². The van der Waals surface area contributed by atoms with Crippen molar-refractivity contribution in [2.24, 2.45) is 0 Å². The number of pyridine rings is 1. The molecule has 3 heteroatoms. The number of ketones is 1. The molecule has 102 valence electrons. The monoisotopic (exact) mass is 267 g/mol. The minimum absolute atomic E-state index is 0.0419. The normalized spacial score (nSPS) is 17.4. The van der Waals surface area contributed by atoms with Gasteiger partial charge in [0.25, 0.3) is 0 Å². The van der Waals surface area contributed by atoms with E-state index in [1.165, 1.54) is 5.56 Å². The van der Waals surface area contributed by atoms with E-state index in [-0.39, 0.29) is 11.9 Å². The zero-order chi connectivity index (χ0) is 13.9. The summed E-state index contributed by atoms with van der Waals surface area (Å²) in [5, 5.41) is 0. The van der Waals surface area contributed by atoms with Gasteiger partial charge in [-0.15, -0.1) is 0 Å². The Morgan fingerprint density at radius 3 is 3.00 bits per heavy atom. The molecule has 3 rings (SSSR count). The fourth-order valence-corrected chi connectivity index (χ4v) is 2.54. The van der Waals surface area contributed by atoms with E-state index in [1.54, 1.807) is 0 Å². The number of carbonyl (C=O) groups is 1. The maximum absolute atomic E-state index is 12.1. The van der Waals surface area contributed by atoms with Crippen LogP contribution in [0, 0.1) is 6.92 Å². The third kappa shape index (κ3) is 2.72. The molecule has 0 saturated carbocycles. The Kier molecular flexibility index (Phi) is 3.50. The van der Waals surface area contributed by atoms with Crippen molar-refractivity contribution in [1.29, 1.82) is 0 Å². The Morgan fingerprint density at radius 1 is 1.30 bits per heavy atom. The number of benzene rings is 1. The van der Waals surface area contributed by atoms with Crippen molar-refractivity contribution in [3.63, 3.8) is 0 Å². The first kappa shape index (κ1) is 12.9. The topological polar surface area (TPSA) is 39.2 Å². The molecule has 1 aliphatic rings. The van der Waals surface area contributed by atoms with Gasteiger partial charge in [-0.3, -0.25) is 9.78 Å². The molecule has 0 saturated heterocycles. The summed E-state index contributed by atoms with van der Waals surface area (Å²) in [4.78, 5) is 16.4. The molecule has 3 nitrogen and oxygen atoms in total. The number of aromatic nitrogens is 1. The van der Waals surface area contributed by atoms with Crippen LogP contribution in [0.25, 0.3) is 0 Å². The van der Waals surface area contributed by atoms with Crippen LogP contribution >= 0.6 is 0 Å². The second-order valence-electron chi connectivity index (χ2n) is 5.23. The average molecular weight is 267 g/mol. The molecule has 1 aromatic heterocycles. The summed E-state index contributed by atoms with van der Waals surface area (Å²) >= 11 is 0. The van der Waals surface area contributed by atoms with Crippen molar-refractivity contribution >= 4 is 5.78 Å². The van der Waals surface area contributed by atoms with E-state index in [2.05, 4.69) is 18.0 Å². The van der Waals surface area contributed by atoms with Crippen LogP contribution < -0.4 is 4.74 Å². The fourth-order valence-electron chi connectivity index (χ4n) is 2.54. The molecule has 0 spiro atoms. The first-order valence-electron chi connectivity index (χ1n) is 6.93. The SMILES string of the molecule is Cc1ccnc(CC[C@@H]2CC(=O)c3ccccc3O2)c1. The van der Waals surface area contributed by atoms with Crippen molar-refractivity contribution < 1.29 is 9.53 Å². The molecule has 0 fully saturated rings. The van der Waals surface area contributed by atoms with Crippen LogP contribution in [0.2, 0.25) is 0 Å². The highest BCUT2D eigenvalue weighted by Gasteiger charge is 2.25. The highest BCUT2D eigenvalue weighted by Crippen LogP contribution is 2.28. The van der Waals surface area contributed by atoms with Crippen molar-refractivity contribution in [1.82, 2.24) is 4.98 Å². The minimum Gasteiger partial charge on any atom is -0.489 e. The highest BCUT2D eigenvalue weighted by atomic mass is 16.5. The summed E-state index contributed by atoms with van der Waals surface area (Å²) in [6.07, 6.45) is 3.90. The Balaban J connectivity index is 1.67. The van der Waals surface area contributed by atoms with Crippen LogP contribution in [0.5, 0.6) is 5.75 Å². The standard InChI is InChI=1S/C17H17NO2/c1-12-8-9-18-13(10-12)6-7-14-11-16(19)15-4-2-3-5-17(15)20-14/h2-5,8-10,14H,6-7,11H2,1H3/t14-/m1/s1. The van der Waals surface area contributed by atoms with Crippen LogP contribution in [-0.2, 0) is 6.42 Å². The number of rotatable bonds is 3. The van der Waals surface area contributed by atoms with Crippen LogP contribution in [0.3, 0.4) is 0 Å². The van der Waals surface area contributed by atoms with Gasteiger partial charge in [0.1, 0.15) is 11.9 Å². The second kappa shape index (κ2) is 5.45. The van der Waals surface area contributed by atoms with Gasteiger partial charge in [-0.1, -0.05) is 12.1 Å². The van der Waals surface area contributed by atoms with Gasteiger partial charge in [0.2, 0.25) is 0 Å². The molecule has 1 aliphatic heterocycles. The maximum Gasteiger partial charge on any atom is 0.170 e. The van der Waals surface area contributed by atoms with Gasteiger partial charge in [-0.2, -0.15) is 0 Å². The van der Waals surface area contributed by atoms with E-state index in [1.807, 2.05) is 36.5 Å². The number of nitrogens with zero attached hydrogens (tertiary/aromatic N) is 1. The maximum atomic E-state index is 12.1. The largest absolute Gasteiger partial charge is 0.489 e. The summed E-state index contributed by atoms with van der Waals surface area (Å²) < 4.78 is 5.91. The first-order chi connectivity index (χ1) is 9.72. The third-order valence-electron chi connectivity index (χ3n) is 3.59. The molecular weight excluding hydrogens is 250 g/mol. The number of aryl methyl sites for hydroxylation is 2. The van der Waals surface area contributed by atoms with Crippen LogP contribution in [-0.4, -0.2) is 16.9 Å². The van der Waals surface area contributed by atoms with Gasteiger partial charge in [0, 0.05) is 18.3 Å². The predicted molar refractivity (Wildman–Crippen MR) is 77.1 cm³/mol. The van der Waals surface area contributed by atoms with E-state index < -0.39 is 0 Å². The van der Waals surface area contributed by atoms with E-state index in [9.17, 15) is 4.79 Å². The Labute approximate surface area is 118 Å². The van der Waals surface area contributed by atoms with Crippen molar-refractivity contribution in [3.8, 4) is 5.75 Å². The molecule has 1 atom stereocenters. The lowest BCUT2D eigenvalue weighted by Gasteiger charge is -2.25. The molecule has 20 heavy (non-hydrogen) atoms. The van der Waals surface area contributed by atoms with Gasteiger partial charge >= 0.3 is 0 Å². The highest BCUT2D eigenvalue weighted by molar-refractivity contribution is 5.99. The van der Waals surface area contributed by atoms with Crippen molar-refractivity contribution in [2.45, 2.75) is 32.3 Å². The average Bonchev–Trinajstić information content (AvgIpc) is 2.45. The van der Waals surface area contributed by atoms with Crippen LogP contribution in [0.15, 0.2) is 42.6 Å². The van der Waals surface area contributed by atoms with Crippen LogP contribution in [0.1, 0.15) is 34.5 Å². The number of fused-ring (bicyclic) bond motifs is 1. The molecule has 0 N–H and O–H groups in total. The van der Waals surface area contributed by atoms with Gasteiger partial charge in [0.05, 0.1) is 5.56 Å². The molecule has 0 aliphatic carbocycles. The zero-order valence-corrected chi connectivity index (χ0v) is 11.5. The van der Waals surface area contributed by atoms with Gasteiger partial charge in [-0.05, 0) is 49.6 Å². The second-order valence-corrected chi connectivity index (χ2v) is 5.23. The molecule has 2 heterocycles. The number of hydrogen-bond donors (Lipinski definition) is 0. The summed E-state index contributed by atoms with van der Waals surface area (Å²) in [6.45, 7) is 2.06. The van der Waals surface area contributed by atoms with Crippen LogP contribution in [0.4, 0.5) is 0 Å². The van der Waals surface area contributed by atoms with E-state index in [4.69, 9.17) is 4.74 Å². The van der Waals surface area contributed by atoms with E-state index >= 15 is 0 Å². The fraction of sp³-hybridized carbons (Fsp3) is 0.294. The lowest BCUT2D eigenvalue weighted by atomic mass is 9.97. The third-order valence-corrected chi connectivity index (χ3v) is 3.59. The Hall–Kier alpha value is -2.16. The summed E-state index contributed by atoms with van der Waals surface area (Å²) in [5.41, 5.74) is 2.97. The minimum atomic E-state index is -0.0419. The van der Waals surface area contributed by atoms with E-state index in [0.717, 1.165) is 18.5 Å². The van der Waals surface area contributed by atoms with Gasteiger partial charge < -0.3 is 4.74 Å². The summed E-state index contributed by atoms with van der Waals surface area (Å²) in [7, 11) is 0. The summed E-state index contributed by atoms with van der Waals surface area (Å²) in [5.74, 6) is 0.889. The molecule has 0 unspecified atom stereocenters. The summed E-state index contributed by atoms with van der Waals surface area (Å²) in [6, 6.07) is 11.5. The Morgan fingerprint density at radius 2 is 2.15 bits per heavy atom. The van der Waals surface area contributed by atoms with E-state index in [0.29, 0.717) is 17.7 Å². The number of Topliss-reactive ketones (excluding diaryl/α,β-unsaturated/α-hetero) is 1. The number of para-hydroxylation sites is 1. The predicted octanol–water partition coefficient (Wildman–Crippen LogP) is 3.36. The number of hydrogen-bond acceptors (Lipinski definition) is 3. The molecule has 0 bridgehead atoms. The van der Waals surface area contributed by atoms with Crippen molar-refractivity contribution in [2.75, 3.05) is 0 Å². The molecule has 1 aromatic carbocycles. The first-order valence-corrected chi connectivity index (χ1v) is 6.93. The number of ether oxygens (including phenoxy) is 1. The smallest absolute Gasteiger partial charge is 0.170 e. The van der Waals surface area contributed by atoms with Crippen molar-refractivity contribution in [3.05, 3.63) is 59.4 Å². The van der Waals surface area contributed by atoms with Gasteiger partial charge in [0.15, 0.2) is 5.78 Å². The Bertz CT molecular complexity index is 636. The lowest BCUT2D eigenvalue weighted by molar-refractivity contribution is 0.0839. The lowest BCUT2D eigenvalue weighted by Crippen LogP contribution is -2.27.